The van der Waals surface area contributed by atoms with Crippen molar-refractivity contribution in [3.63, 3.8) is 0 Å². The van der Waals surface area contributed by atoms with Crippen LogP contribution in [0.1, 0.15) is 22.8 Å². The largest absolute Gasteiger partial charge is 0.293 e. The summed E-state index contributed by atoms with van der Waals surface area (Å²) >= 11 is 4.92. The zero-order chi connectivity index (χ0) is 18.0. The van der Waals surface area contributed by atoms with Gasteiger partial charge in [-0.05, 0) is 55.3 Å². The van der Waals surface area contributed by atoms with Gasteiger partial charge in [0, 0.05) is 21.5 Å². The van der Waals surface area contributed by atoms with Crippen LogP contribution in [0.25, 0.3) is 0 Å². The molecule has 2 aromatic rings. The molecular weight excluding hydrogens is 422 g/mol. The molecule has 3 rings (SSSR count). The average molecular weight is 440 g/mol. The number of anilines is 1. The van der Waals surface area contributed by atoms with E-state index in [0.29, 0.717) is 30.0 Å². The highest BCUT2D eigenvalue weighted by molar-refractivity contribution is 9.10. The molecule has 0 atom stereocenters. The molecule has 0 unspecified atom stereocenters. The van der Waals surface area contributed by atoms with Gasteiger partial charge >= 0.3 is 0 Å². The summed E-state index contributed by atoms with van der Waals surface area (Å²) in [5.41, 5.74) is 2.27. The van der Waals surface area contributed by atoms with Crippen molar-refractivity contribution in [1.82, 2.24) is 0 Å². The maximum Gasteiger partial charge on any atom is 0.234 e. The van der Waals surface area contributed by atoms with Crippen LogP contribution in [-0.4, -0.2) is 32.3 Å². The van der Waals surface area contributed by atoms with Gasteiger partial charge in [0.1, 0.15) is 0 Å². The fourth-order valence-electron chi connectivity index (χ4n) is 2.78. The number of ketones is 1. The molecule has 0 saturated heterocycles. The molecule has 0 aromatic heterocycles. The van der Waals surface area contributed by atoms with E-state index < -0.39 is 10.0 Å². The van der Waals surface area contributed by atoms with E-state index in [4.69, 9.17) is 0 Å². The third-order valence-electron chi connectivity index (χ3n) is 4.12. The van der Waals surface area contributed by atoms with Gasteiger partial charge in [-0.1, -0.05) is 22.0 Å². The predicted octanol–water partition coefficient (Wildman–Crippen LogP) is 4.14. The highest BCUT2D eigenvalue weighted by Crippen LogP contribution is 2.32. The van der Waals surface area contributed by atoms with E-state index in [1.165, 1.54) is 16.1 Å². The molecule has 0 aliphatic carbocycles. The van der Waals surface area contributed by atoms with Crippen LogP contribution < -0.4 is 4.31 Å². The third-order valence-corrected chi connectivity index (χ3v) is 7.39. The molecule has 1 aliphatic rings. The molecule has 4 nitrogen and oxygen atoms in total. The standard InChI is InChI=1S/C18H18BrNO3S2/c1-2-25(22,23)20-9-8-13-10-14(6-7-17(13)20)18(21)12-24-16-5-3-4-15(19)11-16/h3-7,10-11H,2,8-9,12H2,1H3. The van der Waals surface area contributed by atoms with Crippen LogP contribution in [0, 0.1) is 0 Å². The van der Waals surface area contributed by atoms with Crippen LogP contribution in [0.15, 0.2) is 51.8 Å². The zero-order valence-electron chi connectivity index (χ0n) is 13.7. The van der Waals surface area contributed by atoms with Crippen LogP contribution in [0.3, 0.4) is 0 Å². The number of fused-ring (bicyclic) bond motifs is 1. The Bertz CT molecular complexity index is 912. The third kappa shape index (κ3) is 4.10. The molecule has 2 aromatic carbocycles. The smallest absolute Gasteiger partial charge is 0.234 e. The lowest BCUT2D eigenvalue weighted by Gasteiger charge is -2.18. The van der Waals surface area contributed by atoms with Crippen LogP contribution >= 0.6 is 27.7 Å². The number of halogens is 1. The number of thioether (sulfide) groups is 1. The van der Waals surface area contributed by atoms with Crippen molar-refractivity contribution < 1.29 is 13.2 Å². The average Bonchev–Trinajstić information content (AvgIpc) is 3.03. The summed E-state index contributed by atoms with van der Waals surface area (Å²) in [5.74, 6) is 0.479. The lowest BCUT2D eigenvalue weighted by Crippen LogP contribution is -2.30. The molecule has 0 N–H and O–H groups in total. The van der Waals surface area contributed by atoms with Crippen LogP contribution in [0.5, 0.6) is 0 Å². The fraction of sp³-hybridized carbons (Fsp3) is 0.278. The SMILES string of the molecule is CCS(=O)(=O)N1CCc2cc(C(=O)CSc3cccc(Br)c3)ccc21. The van der Waals surface area contributed by atoms with Gasteiger partial charge in [-0.15, -0.1) is 11.8 Å². The molecule has 0 amide bonds. The summed E-state index contributed by atoms with van der Waals surface area (Å²) in [6, 6.07) is 13.2. The summed E-state index contributed by atoms with van der Waals surface area (Å²) in [7, 11) is -3.25. The lowest BCUT2D eigenvalue weighted by molar-refractivity contribution is 0.102. The Morgan fingerprint density at radius 1 is 1.24 bits per heavy atom. The molecule has 0 bridgehead atoms. The Morgan fingerprint density at radius 2 is 2.04 bits per heavy atom. The minimum atomic E-state index is -3.25. The highest BCUT2D eigenvalue weighted by Gasteiger charge is 2.28. The van der Waals surface area contributed by atoms with E-state index in [1.807, 2.05) is 30.3 Å². The number of nitrogens with zero attached hydrogens (tertiary/aromatic N) is 1. The Morgan fingerprint density at radius 3 is 2.76 bits per heavy atom. The molecule has 0 spiro atoms. The minimum Gasteiger partial charge on any atom is -0.293 e. The van der Waals surface area contributed by atoms with Crippen molar-refractivity contribution in [2.24, 2.45) is 0 Å². The number of rotatable bonds is 6. The number of sulfonamides is 1. The quantitative estimate of drug-likeness (QED) is 0.501. The number of carbonyl (C=O) groups excluding carboxylic acids is 1. The first-order valence-corrected chi connectivity index (χ1v) is 11.3. The molecule has 25 heavy (non-hydrogen) atoms. The Hall–Kier alpha value is -1.31. The van der Waals surface area contributed by atoms with Gasteiger partial charge < -0.3 is 0 Å². The Balaban J connectivity index is 1.73. The predicted molar refractivity (Wildman–Crippen MR) is 106 cm³/mol. The first-order chi connectivity index (χ1) is 11.9. The second-order valence-electron chi connectivity index (χ2n) is 5.74. The summed E-state index contributed by atoms with van der Waals surface area (Å²) in [4.78, 5) is 13.5. The summed E-state index contributed by atoms with van der Waals surface area (Å²) in [6.07, 6.45) is 0.647. The van der Waals surface area contributed by atoms with Crippen molar-refractivity contribution in [3.8, 4) is 0 Å². The Labute approximate surface area is 160 Å². The van der Waals surface area contributed by atoms with Gasteiger partial charge in [0.05, 0.1) is 17.2 Å². The van der Waals surface area contributed by atoms with E-state index in [0.717, 1.165) is 14.9 Å². The number of hydrogen-bond acceptors (Lipinski definition) is 4. The minimum absolute atomic E-state index is 0.0459. The maximum absolute atomic E-state index is 12.5. The van der Waals surface area contributed by atoms with E-state index >= 15 is 0 Å². The van der Waals surface area contributed by atoms with E-state index in [1.54, 1.807) is 19.1 Å². The van der Waals surface area contributed by atoms with E-state index in [-0.39, 0.29) is 11.5 Å². The van der Waals surface area contributed by atoms with E-state index in [2.05, 4.69) is 15.9 Å². The second-order valence-corrected chi connectivity index (χ2v) is 9.88. The second kappa shape index (κ2) is 7.51. The number of Topliss-reactive ketones (excluding diaryl/α,β-unsaturated/α-hetero) is 1. The molecule has 132 valence electrons. The molecule has 7 heteroatoms. The van der Waals surface area contributed by atoms with Crippen molar-refractivity contribution in [3.05, 3.63) is 58.1 Å². The van der Waals surface area contributed by atoms with E-state index in [9.17, 15) is 13.2 Å². The van der Waals surface area contributed by atoms with Gasteiger partial charge in [0.25, 0.3) is 0 Å². The van der Waals surface area contributed by atoms with Gasteiger partial charge in [-0.25, -0.2) is 8.42 Å². The zero-order valence-corrected chi connectivity index (χ0v) is 17.0. The van der Waals surface area contributed by atoms with Crippen molar-refractivity contribution in [2.75, 3.05) is 22.4 Å². The first-order valence-electron chi connectivity index (χ1n) is 7.95. The van der Waals surface area contributed by atoms with Gasteiger partial charge in [-0.3, -0.25) is 9.10 Å². The highest BCUT2D eigenvalue weighted by atomic mass is 79.9. The summed E-state index contributed by atoms with van der Waals surface area (Å²) in [6.45, 7) is 2.10. The van der Waals surface area contributed by atoms with Crippen LogP contribution in [-0.2, 0) is 16.4 Å². The normalized spacial score (nSPS) is 13.8. The van der Waals surface area contributed by atoms with Gasteiger partial charge in [-0.2, -0.15) is 0 Å². The molecule has 0 fully saturated rings. The number of carbonyl (C=O) groups is 1. The maximum atomic E-state index is 12.5. The van der Waals surface area contributed by atoms with Crippen molar-refractivity contribution in [1.29, 1.82) is 0 Å². The topological polar surface area (TPSA) is 54.5 Å². The van der Waals surface area contributed by atoms with Gasteiger partial charge in [0.2, 0.25) is 10.0 Å². The molecule has 1 aliphatic heterocycles. The molecular formula is C18H18BrNO3S2. The van der Waals surface area contributed by atoms with Crippen LogP contribution in [0.2, 0.25) is 0 Å². The van der Waals surface area contributed by atoms with Crippen LogP contribution in [0.4, 0.5) is 5.69 Å². The first kappa shape index (κ1) is 18.5. The molecule has 0 saturated carbocycles. The number of benzene rings is 2. The van der Waals surface area contributed by atoms with Crippen molar-refractivity contribution in [2.45, 2.75) is 18.2 Å². The monoisotopic (exact) mass is 439 g/mol. The summed E-state index contributed by atoms with van der Waals surface area (Å²) < 4.78 is 26.7. The lowest BCUT2D eigenvalue weighted by atomic mass is 10.1. The number of hydrogen-bond donors (Lipinski definition) is 0. The molecule has 0 radical (unpaired) electrons. The molecule has 1 heterocycles. The Kier molecular flexibility index (Phi) is 5.55. The fourth-order valence-corrected chi connectivity index (χ4v) is 5.34. The summed E-state index contributed by atoms with van der Waals surface area (Å²) in [5, 5.41) is 0. The van der Waals surface area contributed by atoms with Gasteiger partial charge in [0.15, 0.2) is 5.78 Å². The van der Waals surface area contributed by atoms with Crippen molar-refractivity contribution >= 4 is 49.2 Å².